The molecule has 0 spiro atoms. The molecule has 2 amide bonds. The van der Waals surface area contributed by atoms with Gasteiger partial charge in [-0.2, -0.15) is 0 Å². The Labute approximate surface area is 284 Å². The van der Waals surface area contributed by atoms with Gasteiger partial charge in [0.1, 0.15) is 4.88 Å². The minimum absolute atomic E-state index is 0.157. The normalized spacial score (nSPS) is 19.0. The van der Waals surface area contributed by atoms with Crippen LogP contribution in [0.25, 0.3) is 0 Å². The van der Waals surface area contributed by atoms with Gasteiger partial charge in [0, 0.05) is 32.0 Å². The molecule has 3 aliphatic rings. The van der Waals surface area contributed by atoms with Crippen molar-refractivity contribution in [3.63, 3.8) is 0 Å². The smallest absolute Gasteiger partial charge is 0.352 e. The average molecular weight is 660 g/mol. The van der Waals surface area contributed by atoms with Gasteiger partial charge in [-0.3, -0.25) is 14.5 Å². The van der Waals surface area contributed by atoms with Crippen LogP contribution in [0.1, 0.15) is 127 Å². The summed E-state index contributed by atoms with van der Waals surface area (Å²) in [7, 11) is 1.80. The maximum atomic E-state index is 12.3. The molecule has 9 heteroatoms. The van der Waals surface area contributed by atoms with E-state index < -0.39 is 12.2 Å². The van der Waals surface area contributed by atoms with Crippen molar-refractivity contribution >= 4 is 35.8 Å². The lowest BCUT2D eigenvalue weighted by molar-refractivity contribution is -0.118. The molecule has 2 aliphatic heterocycles. The van der Waals surface area contributed by atoms with Crippen molar-refractivity contribution in [1.29, 1.82) is 0 Å². The van der Waals surface area contributed by atoms with Crippen molar-refractivity contribution < 1.29 is 23.9 Å². The lowest BCUT2D eigenvalue weighted by Gasteiger charge is -2.32. The van der Waals surface area contributed by atoms with Crippen LogP contribution in [0.5, 0.6) is 0 Å². The Balaban J connectivity index is 0.000000818. The van der Waals surface area contributed by atoms with Gasteiger partial charge in [0.05, 0.1) is 16.7 Å². The molecule has 1 N–H and O–H groups in total. The second kappa shape index (κ2) is 25.3. The molecule has 0 radical (unpaired) electrons. The van der Waals surface area contributed by atoms with Crippen LogP contribution >= 0.6 is 11.3 Å². The first-order valence-corrected chi connectivity index (χ1v) is 17.8. The van der Waals surface area contributed by atoms with Gasteiger partial charge in [-0.1, -0.05) is 71.6 Å². The standard InChI is InChI=1S/C19H24N2O4S.C7H15NO.C7H14.C2H6.C2H2/c1-5-9-20(12-22)10-7-16-21(13-23)15-11-14(6-8-19(2,3)4)26-17(15)18(24)25-16;1-9-7-3-2-5-8-6-4-7;1-7-5-3-2-4-6-7;2*1-2/h11-13,16H,5,7,9-10H2,1-4H3;7-8H,2-6H2,1H3;7H,2-6H2,1H3;1-2H3;1-2H. The second-order valence-corrected chi connectivity index (χ2v) is 13.5. The van der Waals surface area contributed by atoms with Gasteiger partial charge in [-0.15, -0.1) is 24.2 Å². The molecular weight excluding hydrogens is 598 g/mol. The molecule has 1 saturated carbocycles. The van der Waals surface area contributed by atoms with E-state index in [2.05, 4.69) is 36.9 Å². The highest BCUT2D eigenvalue weighted by Gasteiger charge is 2.35. The first-order chi connectivity index (χ1) is 22.1. The Kier molecular flexibility index (Phi) is 23.7. The third kappa shape index (κ3) is 17.2. The molecule has 260 valence electrons. The molecule has 1 saturated heterocycles. The zero-order valence-electron chi connectivity index (χ0n) is 29.9. The fraction of sp³-hybridized carbons (Fsp3) is 0.703. The third-order valence-corrected chi connectivity index (χ3v) is 8.50. The summed E-state index contributed by atoms with van der Waals surface area (Å²) in [6.45, 7) is 17.7. The van der Waals surface area contributed by atoms with Crippen LogP contribution in [0.3, 0.4) is 0 Å². The van der Waals surface area contributed by atoms with Gasteiger partial charge in [0.15, 0.2) is 6.23 Å². The van der Waals surface area contributed by atoms with E-state index in [0.717, 1.165) is 30.2 Å². The van der Waals surface area contributed by atoms with Crippen molar-refractivity contribution in [2.45, 2.75) is 125 Å². The number of carbonyl (C=O) groups excluding carboxylic acids is 3. The van der Waals surface area contributed by atoms with Gasteiger partial charge < -0.3 is 19.7 Å². The number of esters is 1. The number of carbonyl (C=O) groups is 3. The maximum Gasteiger partial charge on any atom is 0.352 e. The Hall–Kier alpha value is -2.85. The molecule has 1 aromatic heterocycles. The lowest BCUT2D eigenvalue weighted by Crippen LogP contribution is -2.44. The van der Waals surface area contributed by atoms with Gasteiger partial charge >= 0.3 is 5.97 Å². The summed E-state index contributed by atoms with van der Waals surface area (Å²) in [6.07, 6.45) is 21.5. The number of cyclic esters (lactones) is 1. The number of amides is 2. The van der Waals surface area contributed by atoms with E-state index in [1.807, 2.05) is 41.5 Å². The number of hydrogen-bond acceptors (Lipinski definition) is 7. The van der Waals surface area contributed by atoms with Crippen molar-refractivity contribution in [2.75, 3.05) is 38.2 Å². The zero-order chi connectivity index (χ0) is 35.0. The number of thiophene rings is 1. The summed E-state index contributed by atoms with van der Waals surface area (Å²) < 4.78 is 10.7. The maximum absolute atomic E-state index is 12.3. The molecule has 1 aliphatic carbocycles. The first-order valence-electron chi connectivity index (χ1n) is 17.0. The minimum atomic E-state index is -0.718. The monoisotopic (exact) mass is 659 g/mol. The van der Waals surface area contributed by atoms with E-state index in [1.165, 1.54) is 74.1 Å². The van der Waals surface area contributed by atoms with Crippen molar-refractivity contribution in [3.05, 3.63) is 15.8 Å². The number of anilines is 1. The van der Waals surface area contributed by atoms with Crippen LogP contribution in [0.15, 0.2) is 6.07 Å². The number of terminal acetylenes is 1. The SMILES string of the molecule is C#C.CC.CC1CCCCC1.CCCN(C=O)CCC1OC(=O)c2sc(C#CC(C)(C)C)cc2N1C=O.COC1CCCNCC1. The van der Waals surface area contributed by atoms with Crippen LogP contribution in [-0.2, 0) is 19.1 Å². The fourth-order valence-electron chi connectivity index (χ4n) is 5.05. The van der Waals surface area contributed by atoms with E-state index in [4.69, 9.17) is 9.47 Å². The third-order valence-electron chi connectivity index (χ3n) is 7.48. The minimum Gasteiger partial charge on any atom is -0.437 e. The molecular formula is C37H61N3O5S. The summed E-state index contributed by atoms with van der Waals surface area (Å²) in [5.41, 5.74) is 0.368. The van der Waals surface area contributed by atoms with E-state index in [1.54, 1.807) is 18.1 Å². The highest BCUT2D eigenvalue weighted by molar-refractivity contribution is 7.15. The molecule has 0 aromatic carbocycles. The topological polar surface area (TPSA) is 88.2 Å². The summed E-state index contributed by atoms with van der Waals surface area (Å²) in [4.78, 5) is 39.1. The van der Waals surface area contributed by atoms with Crippen LogP contribution < -0.4 is 10.2 Å². The number of nitrogens with one attached hydrogen (secondary N) is 1. The second-order valence-electron chi connectivity index (χ2n) is 12.4. The predicted octanol–water partition coefficient (Wildman–Crippen LogP) is 7.50. The highest BCUT2D eigenvalue weighted by Crippen LogP contribution is 2.36. The molecule has 46 heavy (non-hydrogen) atoms. The van der Waals surface area contributed by atoms with Gasteiger partial charge in [-0.25, -0.2) is 4.79 Å². The van der Waals surface area contributed by atoms with E-state index in [9.17, 15) is 14.4 Å². The Morgan fingerprint density at radius 1 is 1.09 bits per heavy atom. The van der Waals surface area contributed by atoms with E-state index >= 15 is 0 Å². The highest BCUT2D eigenvalue weighted by atomic mass is 32.1. The molecule has 4 rings (SSSR count). The van der Waals surface area contributed by atoms with Crippen molar-refractivity contribution in [3.8, 4) is 24.7 Å². The summed E-state index contributed by atoms with van der Waals surface area (Å²) in [5, 5.41) is 3.33. The molecule has 0 bridgehead atoms. The lowest BCUT2D eigenvalue weighted by atomic mass is 9.91. The predicted molar refractivity (Wildman–Crippen MR) is 192 cm³/mol. The molecule has 2 atom stereocenters. The van der Waals surface area contributed by atoms with Crippen LogP contribution in [0.4, 0.5) is 5.69 Å². The van der Waals surface area contributed by atoms with Crippen LogP contribution in [0, 0.1) is 36.0 Å². The quantitative estimate of drug-likeness (QED) is 0.177. The number of fused-ring (bicyclic) bond motifs is 1. The number of hydrogen-bond donors (Lipinski definition) is 1. The zero-order valence-corrected chi connectivity index (χ0v) is 30.7. The van der Waals surface area contributed by atoms with Crippen LogP contribution in [-0.4, -0.2) is 69.3 Å². The molecule has 2 fully saturated rings. The molecule has 3 heterocycles. The summed E-state index contributed by atoms with van der Waals surface area (Å²) in [5.74, 6) is 6.77. The Morgan fingerprint density at radius 3 is 2.28 bits per heavy atom. The van der Waals surface area contributed by atoms with E-state index in [-0.39, 0.29) is 5.41 Å². The number of ether oxygens (including phenoxy) is 2. The van der Waals surface area contributed by atoms with Crippen molar-refractivity contribution in [2.24, 2.45) is 11.3 Å². The summed E-state index contributed by atoms with van der Waals surface area (Å²) >= 11 is 1.23. The number of nitrogens with zero attached hydrogens (tertiary/aromatic N) is 2. The Morgan fingerprint density at radius 2 is 1.76 bits per heavy atom. The number of rotatable bonds is 8. The molecule has 2 unspecified atom stereocenters. The molecule has 8 nitrogen and oxygen atoms in total. The average Bonchev–Trinajstić information content (AvgIpc) is 3.32. The summed E-state index contributed by atoms with van der Waals surface area (Å²) in [6, 6.07) is 1.75. The van der Waals surface area contributed by atoms with Crippen LogP contribution in [0.2, 0.25) is 0 Å². The van der Waals surface area contributed by atoms with Gasteiger partial charge in [-0.05, 0) is 71.5 Å². The fourth-order valence-corrected chi connectivity index (χ4v) is 5.94. The Bertz CT molecular complexity index is 1050. The van der Waals surface area contributed by atoms with Gasteiger partial charge in [0.25, 0.3) is 0 Å². The number of methoxy groups -OCH3 is 1. The first kappa shape index (κ1) is 43.1. The van der Waals surface area contributed by atoms with Gasteiger partial charge in [0.2, 0.25) is 12.8 Å². The molecule has 1 aromatic rings. The van der Waals surface area contributed by atoms with Crippen molar-refractivity contribution in [1.82, 2.24) is 10.2 Å². The van der Waals surface area contributed by atoms with E-state index in [0.29, 0.717) is 42.6 Å². The largest absolute Gasteiger partial charge is 0.437 e.